The van der Waals surface area contributed by atoms with E-state index in [1.165, 1.54) is 22.3 Å². The van der Waals surface area contributed by atoms with Crippen LogP contribution in [-0.4, -0.2) is 28.3 Å². The number of fused-ring (bicyclic) bond motifs is 1. The van der Waals surface area contributed by atoms with Crippen molar-refractivity contribution in [3.05, 3.63) is 64.5 Å². The average Bonchev–Trinajstić information content (AvgIpc) is 3.45. The van der Waals surface area contributed by atoms with Gasteiger partial charge in [-0.15, -0.1) is 22.7 Å². The van der Waals surface area contributed by atoms with Crippen LogP contribution in [0.1, 0.15) is 27.7 Å². The number of nitrogens with zero attached hydrogens (tertiary/aromatic N) is 2. The fourth-order valence-corrected chi connectivity index (χ4v) is 4.45. The third-order valence-electron chi connectivity index (χ3n) is 4.09. The number of anilines is 1. The zero-order valence-corrected chi connectivity index (χ0v) is 17.0. The number of aryl methyl sites for hydroxylation is 1. The van der Waals surface area contributed by atoms with Crippen molar-refractivity contribution in [3.63, 3.8) is 0 Å². The number of amides is 2. The highest BCUT2D eigenvalue weighted by Gasteiger charge is 2.13. The Kier molecular flexibility index (Phi) is 5.97. The zero-order chi connectivity index (χ0) is 20.1. The van der Waals surface area contributed by atoms with Crippen LogP contribution in [0.15, 0.2) is 52.5 Å². The first-order valence-corrected chi connectivity index (χ1v) is 10.8. The average molecular weight is 427 g/mol. The molecule has 0 unspecified atom stereocenters. The second-order valence-electron chi connectivity index (χ2n) is 6.28. The molecule has 0 radical (unpaired) electrons. The van der Waals surface area contributed by atoms with E-state index in [4.69, 9.17) is 4.42 Å². The Labute approximate surface area is 174 Å². The number of para-hydroxylation sites is 1. The molecule has 0 atom stereocenters. The van der Waals surface area contributed by atoms with Crippen molar-refractivity contribution < 1.29 is 14.0 Å². The molecule has 3 aromatic heterocycles. The fourth-order valence-electron chi connectivity index (χ4n) is 2.73. The van der Waals surface area contributed by atoms with Crippen molar-refractivity contribution in [2.24, 2.45) is 0 Å². The second kappa shape index (κ2) is 8.97. The van der Waals surface area contributed by atoms with Crippen LogP contribution in [0.4, 0.5) is 5.13 Å². The number of benzene rings is 1. The highest BCUT2D eigenvalue weighted by Crippen LogP contribution is 2.22. The minimum Gasteiger partial charge on any atom is -0.459 e. The molecule has 2 N–H and O–H groups in total. The minimum atomic E-state index is -0.366. The molecule has 3 heterocycles. The topological polar surface area (TPSA) is 97.1 Å². The Morgan fingerprint density at radius 1 is 1.10 bits per heavy atom. The number of aromatic nitrogens is 2. The summed E-state index contributed by atoms with van der Waals surface area (Å²) >= 11 is 2.96. The van der Waals surface area contributed by atoms with Crippen LogP contribution >= 0.6 is 22.7 Å². The molecule has 0 aliphatic rings. The maximum atomic E-state index is 12.1. The van der Waals surface area contributed by atoms with E-state index in [2.05, 4.69) is 26.7 Å². The lowest BCUT2D eigenvalue weighted by Crippen LogP contribution is -2.26. The number of hydrogen-bond donors (Lipinski definition) is 2. The zero-order valence-electron chi connectivity index (χ0n) is 15.4. The van der Waals surface area contributed by atoms with E-state index in [1.807, 2.05) is 18.2 Å². The molecule has 4 rings (SSSR count). The molecular weight excluding hydrogens is 408 g/mol. The number of carbonyl (C=O) groups is 2. The Bertz CT molecular complexity index is 1080. The van der Waals surface area contributed by atoms with Gasteiger partial charge in [-0.05, 0) is 30.7 Å². The standard InChI is InChI=1S/C20H18N4O3S2/c25-17(21-9-3-8-18-23-14-5-1-2-7-16(14)29-18)11-13-12-28-20(22-13)24-19(26)15-6-4-10-27-15/h1-2,4-7,10,12H,3,8-9,11H2,(H,21,25)(H,22,24,26). The first-order valence-electron chi connectivity index (χ1n) is 9.08. The summed E-state index contributed by atoms with van der Waals surface area (Å²) in [4.78, 5) is 32.9. The highest BCUT2D eigenvalue weighted by molar-refractivity contribution is 7.18. The molecule has 0 aliphatic carbocycles. The van der Waals surface area contributed by atoms with Gasteiger partial charge in [-0.1, -0.05) is 12.1 Å². The maximum Gasteiger partial charge on any atom is 0.293 e. The van der Waals surface area contributed by atoms with Gasteiger partial charge < -0.3 is 9.73 Å². The molecule has 1 aromatic carbocycles. The van der Waals surface area contributed by atoms with Crippen LogP contribution in [0.5, 0.6) is 0 Å². The van der Waals surface area contributed by atoms with E-state index in [0.717, 1.165) is 23.4 Å². The van der Waals surface area contributed by atoms with Crippen molar-refractivity contribution >= 4 is 49.8 Å². The maximum absolute atomic E-state index is 12.1. The Balaban J connectivity index is 1.20. The van der Waals surface area contributed by atoms with Gasteiger partial charge in [-0.2, -0.15) is 0 Å². The minimum absolute atomic E-state index is 0.0940. The van der Waals surface area contributed by atoms with Gasteiger partial charge in [0.05, 0.1) is 33.6 Å². The van der Waals surface area contributed by atoms with E-state index < -0.39 is 0 Å². The molecule has 2 amide bonds. The molecule has 0 saturated carbocycles. The molecule has 29 heavy (non-hydrogen) atoms. The van der Waals surface area contributed by atoms with Gasteiger partial charge in [-0.3, -0.25) is 14.9 Å². The number of hydrogen-bond acceptors (Lipinski definition) is 7. The van der Waals surface area contributed by atoms with E-state index in [9.17, 15) is 9.59 Å². The van der Waals surface area contributed by atoms with E-state index >= 15 is 0 Å². The van der Waals surface area contributed by atoms with E-state index in [1.54, 1.807) is 28.8 Å². The predicted molar refractivity (Wildman–Crippen MR) is 113 cm³/mol. The van der Waals surface area contributed by atoms with Gasteiger partial charge >= 0.3 is 0 Å². The van der Waals surface area contributed by atoms with Crippen molar-refractivity contribution in [1.82, 2.24) is 15.3 Å². The molecule has 4 aromatic rings. The summed E-state index contributed by atoms with van der Waals surface area (Å²) in [6, 6.07) is 11.3. The molecule has 0 spiro atoms. The highest BCUT2D eigenvalue weighted by atomic mass is 32.1. The number of rotatable bonds is 8. The van der Waals surface area contributed by atoms with Crippen molar-refractivity contribution in [2.75, 3.05) is 11.9 Å². The normalized spacial score (nSPS) is 10.9. The monoisotopic (exact) mass is 426 g/mol. The number of nitrogens with one attached hydrogen (secondary N) is 2. The predicted octanol–water partition coefficient (Wildman–Crippen LogP) is 3.89. The molecule has 148 valence electrons. The van der Waals surface area contributed by atoms with Crippen LogP contribution in [-0.2, 0) is 17.6 Å². The van der Waals surface area contributed by atoms with E-state index in [0.29, 0.717) is 17.4 Å². The Morgan fingerprint density at radius 3 is 2.83 bits per heavy atom. The van der Waals surface area contributed by atoms with Gasteiger partial charge in [-0.25, -0.2) is 9.97 Å². The Hall–Kier alpha value is -3.04. The van der Waals surface area contributed by atoms with Gasteiger partial charge in [0.25, 0.3) is 5.91 Å². The van der Waals surface area contributed by atoms with Gasteiger partial charge in [0.15, 0.2) is 10.9 Å². The second-order valence-corrected chi connectivity index (χ2v) is 8.25. The van der Waals surface area contributed by atoms with Crippen LogP contribution in [0.2, 0.25) is 0 Å². The van der Waals surface area contributed by atoms with Crippen LogP contribution in [0.3, 0.4) is 0 Å². The van der Waals surface area contributed by atoms with Crippen LogP contribution in [0, 0.1) is 0 Å². The largest absolute Gasteiger partial charge is 0.459 e. The fraction of sp³-hybridized carbons (Fsp3) is 0.200. The molecular formula is C20H18N4O3S2. The smallest absolute Gasteiger partial charge is 0.293 e. The van der Waals surface area contributed by atoms with Gasteiger partial charge in [0.1, 0.15) is 0 Å². The lowest BCUT2D eigenvalue weighted by Gasteiger charge is -2.03. The summed E-state index contributed by atoms with van der Waals surface area (Å²) in [5.74, 6) is -0.244. The SMILES string of the molecule is O=C(Cc1csc(NC(=O)c2ccco2)n1)NCCCc1nc2ccccc2s1. The summed E-state index contributed by atoms with van der Waals surface area (Å²) in [5.41, 5.74) is 1.64. The molecule has 7 nitrogen and oxygen atoms in total. The van der Waals surface area contributed by atoms with Crippen LogP contribution < -0.4 is 10.6 Å². The van der Waals surface area contributed by atoms with Crippen LogP contribution in [0.25, 0.3) is 10.2 Å². The van der Waals surface area contributed by atoms with Gasteiger partial charge in [0, 0.05) is 18.3 Å². The summed E-state index contributed by atoms with van der Waals surface area (Å²) in [7, 11) is 0. The van der Waals surface area contributed by atoms with E-state index in [-0.39, 0.29) is 24.0 Å². The first-order chi connectivity index (χ1) is 14.2. The molecule has 9 heteroatoms. The molecule has 0 fully saturated rings. The lowest BCUT2D eigenvalue weighted by atomic mass is 10.3. The van der Waals surface area contributed by atoms with Crippen molar-refractivity contribution in [1.29, 1.82) is 0 Å². The van der Waals surface area contributed by atoms with Gasteiger partial charge in [0.2, 0.25) is 5.91 Å². The molecule has 0 aliphatic heterocycles. The number of furan rings is 1. The summed E-state index contributed by atoms with van der Waals surface area (Å²) in [6.45, 7) is 0.584. The Morgan fingerprint density at radius 2 is 2.00 bits per heavy atom. The summed E-state index contributed by atoms with van der Waals surface area (Å²) in [5, 5.41) is 8.84. The third kappa shape index (κ3) is 5.07. The number of carbonyl (C=O) groups excluding carboxylic acids is 2. The quantitative estimate of drug-likeness (QED) is 0.417. The number of thiazole rings is 2. The third-order valence-corrected chi connectivity index (χ3v) is 5.99. The van der Waals surface area contributed by atoms with Crippen molar-refractivity contribution in [3.8, 4) is 0 Å². The first kappa shape index (κ1) is 19.3. The molecule has 0 saturated heterocycles. The van der Waals surface area contributed by atoms with Crippen molar-refractivity contribution in [2.45, 2.75) is 19.3 Å². The lowest BCUT2D eigenvalue weighted by molar-refractivity contribution is -0.120. The summed E-state index contributed by atoms with van der Waals surface area (Å²) < 4.78 is 6.22. The summed E-state index contributed by atoms with van der Waals surface area (Å²) in [6.07, 6.45) is 3.27. The molecule has 0 bridgehead atoms.